The summed E-state index contributed by atoms with van der Waals surface area (Å²) >= 11 is 0. The van der Waals surface area contributed by atoms with Gasteiger partial charge in [0.1, 0.15) is 5.82 Å². The van der Waals surface area contributed by atoms with Crippen LogP contribution in [-0.4, -0.2) is 20.3 Å². The molecule has 9 heteroatoms. The van der Waals surface area contributed by atoms with E-state index < -0.39 is 27.7 Å². The number of carbonyl (C=O) groups excluding carboxylic acids is 2. The quantitative estimate of drug-likeness (QED) is 0.643. The molecule has 0 unspecified atom stereocenters. The zero-order chi connectivity index (χ0) is 21.0. The SMILES string of the molecule is O=C([O-])c1cccc(NS(=O)(=O)c2cccc(C(=O)Nc3ccc(F)cc3)c2)c1. The molecule has 0 saturated heterocycles. The van der Waals surface area contributed by atoms with Gasteiger partial charge >= 0.3 is 0 Å². The minimum Gasteiger partial charge on any atom is -0.545 e. The van der Waals surface area contributed by atoms with Crippen LogP contribution in [0.5, 0.6) is 0 Å². The average Bonchev–Trinajstić information content (AvgIpc) is 2.69. The van der Waals surface area contributed by atoms with Crippen molar-refractivity contribution in [3.63, 3.8) is 0 Å². The van der Waals surface area contributed by atoms with Gasteiger partial charge in [0.15, 0.2) is 0 Å². The molecule has 0 bridgehead atoms. The largest absolute Gasteiger partial charge is 0.545 e. The highest BCUT2D eigenvalue weighted by molar-refractivity contribution is 7.92. The lowest BCUT2D eigenvalue weighted by atomic mass is 10.2. The molecule has 0 aliphatic carbocycles. The van der Waals surface area contributed by atoms with Crippen LogP contribution in [0.4, 0.5) is 15.8 Å². The van der Waals surface area contributed by atoms with Crippen molar-refractivity contribution in [1.82, 2.24) is 0 Å². The first-order valence-corrected chi connectivity index (χ1v) is 9.74. The molecule has 0 heterocycles. The maximum Gasteiger partial charge on any atom is 0.261 e. The zero-order valence-corrected chi connectivity index (χ0v) is 15.6. The first kappa shape index (κ1) is 20.0. The first-order valence-electron chi connectivity index (χ1n) is 8.26. The van der Waals surface area contributed by atoms with Crippen LogP contribution in [0, 0.1) is 5.82 Å². The number of amides is 1. The molecule has 0 saturated carbocycles. The number of carboxylic acid groups (broad SMARTS) is 1. The van der Waals surface area contributed by atoms with Gasteiger partial charge < -0.3 is 15.2 Å². The summed E-state index contributed by atoms with van der Waals surface area (Å²) in [4.78, 5) is 23.1. The van der Waals surface area contributed by atoms with E-state index in [0.29, 0.717) is 5.69 Å². The second-order valence-corrected chi connectivity index (χ2v) is 7.65. The maximum atomic E-state index is 13.0. The summed E-state index contributed by atoms with van der Waals surface area (Å²) in [7, 11) is -4.08. The lowest BCUT2D eigenvalue weighted by molar-refractivity contribution is -0.255. The van der Waals surface area contributed by atoms with Crippen LogP contribution < -0.4 is 15.1 Å². The van der Waals surface area contributed by atoms with Crippen LogP contribution in [0.1, 0.15) is 20.7 Å². The Morgan fingerprint density at radius 1 is 0.828 bits per heavy atom. The second kappa shape index (κ2) is 8.11. The fraction of sp³-hybridized carbons (Fsp3) is 0. The molecule has 29 heavy (non-hydrogen) atoms. The van der Waals surface area contributed by atoms with Crippen molar-refractivity contribution in [1.29, 1.82) is 0 Å². The van der Waals surface area contributed by atoms with E-state index in [1.165, 1.54) is 66.7 Å². The fourth-order valence-electron chi connectivity index (χ4n) is 2.46. The Bertz CT molecular complexity index is 1180. The molecular weight excluding hydrogens is 399 g/mol. The topological polar surface area (TPSA) is 115 Å². The van der Waals surface area contributed by atoms with E-state index in [2.05, 4.69) is 10.0 Å². The number of rotatable bonds is 6. The van der Waals surface area contributed by atoms with Gasteiger partial charge in [0, 0.05) is 16.9 Å². The van der Waals surface area contributed by atoms with E-state index in [4.69, 9.17) is 0 Å². The third-order valence-corrected chi connectivity index (χ3v) is 5.24. The number of halogens is 1. The van der Waals surface area contributed by atoms with Gasteiger partial charge in [-0.2, -0.15) is 0 Å². The predicted octanol–water partition coefficient (Wildman–Crippen LogP) is 2.24. The Morgan fingerprint density at radius 2 is 1.48 bits per heavy atom. The first-order chi connectivity index (χ1) is 13.7. The predicted molar refractivity (Wildman–Crippen MR) is 102 cm³/mol. The van der Waals surface area contributed by atoms with Crippen LogP contribution >= 0.6 is 0 Å². The van der Waals surface area contributed by atoms with Gasteiger partial charge in [0.2, 0.25) is 0 Å². The van der Waals surface area contributed by atoms with Crippen molar-refractivity contribution in [3.8, 4) is 0 Å². The van der Waals surface area contributed by atoms with Gasteiger partial charge in [0.25, 0.3) is 15.9 Å². The van der Waals surface area contributed by atoms with E-state index in [0.717, 1.165) is 6.07 Å². The lowest BCUT2D eigenvalue weighted by Crippen LogP contribution is -2.22. The molecule has 1 amide bonds. The Morgan fingerprint density at radius 3 is 2.17 bits per heavy atom. The van der Waals surface area contributed by atoms with Crippen LogP contribution in [0.15, 0.2) is 77.7 Å². The highest BCUT2D eigenvalue weighted by atomic mass is 32.2. The van der Waals surface area contributed by atoms with E-state index >= 15 is 0 Å². The third-order valence-electron chi connectivity index (χ3n) is 3.86. The van der Waals surface area contributed by atoms with E-state index in [1.807, 2.05) is 0 Å². The van der Waals surface area contributed by atoms with Crippen LogP contribution in [-0.2, 0) is 10.0 Å². The molecule has 2 N–H and O–H groups in total. The molecule has 3 aromatic rings. The monoisotopic (exact) mass is 413 g/mol. The molecular formula is C20H14FN2O5S-. The number of nitrogens with one attached hydrogen (secondary N) is 2. The normalized spacial score (nSPS) is 10.9. The maximum absolute atomic E-state index is 13.0. The Balaban J connectivity index is 1.82. The number of carbonyl (C=O) groups is 2. The molecule has 148 valence electrons. The van der Waals surface area contributed by atoms with Crippen LogP contribution in [0.3, 0.4) is 0 Å². The van der Waals surface area contributed by atoms with Gasteiger partial charge in [-0.25, -0.2) is 12.8 Å². The Labute approximate surface area is 165 Å². The molecule has 3 rings (SSSR count). The highest BCUT2D eigenvalue weighted by Gasteiger charge is 2.17. The molecule has 0 radical (unpaired) electrons. The number of hydrogen-bond donors (Lipinski definition) is 2. The summed E-state index contributed by atoms with van der Waals surface area (Å²) in [6.45, 7) is 0. The van der Waals surface area contributed by atoms with Gasteiger partial charge in [0.05, 0.1) is 10.9 Å². The minimum absolute atomic E-state index is 0.0351. The molecule has 0 fully saturated rings. The van der Waals surface area contributed by atoms with Crippen molar-refractivity contribution in [3.05, 3.63) is 89.7 Å². The summed E-state index contributed by atoms with van der Waals surface area (Å²) in [5.41, 5.74) is 0.271. The number of sulfonamides is 1. The molecule has 3 aromatic carbocycles. The summed E-state index contributed by atoms with van der Waals surface area (Å²) in [5, 5.41) is 13.5. The summed E-state index contributed by atoms with van der Waals surface area (Å²) in [6, 6.07) is 15.5. The summed E-state index contributed by atoms with van der Waals surface area (Å²) in [6.07, 6.45) is 0. The summed E-state index contributed by atoms with van der Waals surface area (Å²) in [5.74, 6) is -2.47. The smallest absolute Gasteiger partial charge is 0.261 e. The van der Waals surface area contributed by atoms with Crippen molar-refractivity contribution in [2.45, 2.75) is 4.90 Å². The Hall–Kier alpha value is -3.72. The molecule has 0 atom stereocenters. The number of hydrogen-bond acceptors (Lipinski definition) is 5. The van der Waals surface area contributed by atoms with E-state index in [-0.39, 0.29) is 21.7 Å². The van der Waals surface area contributed by atoms with Gasteiger partial charge in [-0.05, 0) is 60.2 Å². The number of benzene rings is 3. The van der Waals surface area contributed by atoms with Crippen molar-refractivity contribution >= 4 is 33.3 Å². The van der Waals surface area contributed by atoms with Crippen LogP contribution in [0.25, 0.3) is 0 Å². The fourth-order valence-corrected chi connectivity index (χ4v) is 3.56. The highest BCUT2D eigenvalue weighted by Crippen LogP contribution is 2.19. The summed E-state index contributed by atoms with van der Waals surface area (Å²) < 4.78 is 40.4. The Kier molecular flexibility index (Phi) is 5.60. The minimum atomic E-state index is -4.08. The van der Waals surface area contributed by atoms with E-state index in [1.54, 1.807) is 0 Å². The van der Waals surface area contributed by atoms with Gasteiger partial charge in [-0.15, -0.1) is 0 Å². The van der Waals surface area contributed by atoms with Crippen molar-refractivity contribution in [2.75, 3.05) is 10.0 Å². The second-order valence-electron chi connectivity index (χ2n) is 5.96. The van der Waals surface area contributed by atoms with Gasteiger partial charge in [-0.1, -0.05) is 18.2 Å². The van der Waals surface area contributed by atoms with Crippen molar-refractivity contribution < 1.29 is 27.5 Å². The van der Waals surface area contributed by atoms with Gasteiger partial charge in [-0.3, -0.25) is 9.52 Å². The van der Waals surface area contributed by atoms with Crippen molar-refractivity contribution in [2.24, 2.45) is 0 Å². The molecule has 7 nitrogen and oxygen atoms in total. The molecule has 0 aromatic heterocycles. The number of carboxylic acids is 1. The molecule has 0 aliphatic heterocycles. The average molecular weight is 413 g/mol. The molecule has 0 aliphatic rings. The third kappa shape index (κ3) is 4.96. The van der Waals surface area contributed by atoms with Crippen LogP contribution in [0.2, 0.25) is 0 Å². The van der Waals surface area contributed by atoms with E-state index in [9.17, 15) is 27.5 Å². The zero-order valence-electron chi connectivity index (χ0n) is 14.8. The number of aromatic carboxylic acids is 1. The molecule has 0 spiro atoms. The number of anilines is 2. The lowest BCUT2D eigenvalue weighted by Gasteiger charge is -2.11. The standard InChI is InChI=1S/C20H15FN2O5S/c21-15-7-9-16(10-8-15)22-19(24)13-3-2-6-18(12-13)29(27,28)23-17-5-1-4-14(11-17)20(25)26/h1-12,23H,(H,22,24)(H,25,26)/p-1.